The fourth-order valence-electron chi connectivity index (χ4n) is 3.25. The molecule has 1 atom stereocenters. The predicted octanol–water partition coefficient (Wildman–Crippen LogP) is 7.16. The van der Waals surface area contributed by atoms with E-state index in [2.05, 4.69) is 33.9 Å². The Balaban J connectivity index is 1.83. The van der Waals surface area contributed by atoms with Crippen molar-refractivity contribution in [3.8, 4) is 11.5 Å². The summed E-state index contributed by atoms with van der Waals surface area (Å²) < 4.78 is 12.7. The summed E-state index contributed by atoms with van der Waals surface area (Å²) in [5.74, 6) is 1.51. The highest BCUT2D eigenvalue weighted by molar-refractivity contribution is 6.74. The fraction of sp³-hybridized carbons (Fsp3) is 0.385. The second-order valence-electron chi connectivity index (χ2n) is 9.58. The Morgan fingerprint density at radius 3 is 2.29 bits per heavy atom. The van der Waals surface area contributed by atoms with Gasteiger partial charge in [0.1, 0.15) is 12.0 Å². The van der Waals surface area contributed by atoms with Crippen molar-refractivity contribution < 1.29 is 13.6 Å². The molecule has 0 bridgehead atoms. The van der Waals surface area contributed by atoms with Crippen LogP contribution in [0.2, 0.25) is 18.1 Å². The summed E-state index contributed by atoms with van der Waals surface area (Å²) in [7, 11) is -1.99. The van der Waals surface area contributed by atoms with Crippen molar-refractivity contribution in [3.05, 3.63) is 77.2 Å². The first kappa shape index (κ1) is 23.2. The fourth-order valence-corrected chi connectivity index (χ4v) is 4.57. The smallest absolute Gasteiger partial charge is 0.226 e. The Kier molecular flexibility index (Phi) is 6.97. The van der Waals surface area contributed by atoms with Crippen molar-refractivity contribution >= 4 is 14.6 Å². The maximum absolute atomic E-state index is 11.1. The van der Waals surface area contributed by atoms with Crippen LogP contribution in [-0.2, 0) is 10.8 Å². The van der Waals surface area contributed by atoms with Gasteiger partial charge in [-0.3, -0.25) is 4.79 Å². The van der Waals surface area contributed by atoms with E-state index < -0.39 is 8.32 Å². The summed E-state index contributed by atoms with van der Waals surface area (Å²) >= 11 is 0. The van der Waals surface area contributed by atoms with E-state index in [1.165, 1.54) is 0 Å². The van der Waals surface area contributed by atoms with Crippen LogP contribution >= 0.6 is 0 Å². The molecule has 0 N–H and O–H groups in total. The lowest BCUT2D eigenvalue weighted by molar-refractivity contribution is 0.112. The molecule has 1 aromatic heterocycles. The first-order valence-electron chi connectivity index (χ1n) is 10.9. The van der Waals surface area contributed by atoms with E-state index in [0.29, 0.717) is 11.5 Å². The average molecular weight is 436 g/mol. The third-order valence-electron chi connectivity index (χ3n) is 6.24. The molecule has 3 aromatic rings. The highest BCUT2D eigenvalue weighted by atomic mass is 28.4. The van der Waals surface area contributed by atoms with Gasteiger partial charge in [0.25, 0.3) is 0 Å². The number of nitrogens with zero attached hydrogens (tertiary/aromatic N) is 1. The number of hydrogen-bond acceptors (Lipinski definition) is 4. The van der Waals surface area contributed by atoms with Crippen LogP contribution in [0.1, 0.15) is 60.7 Å². The van der Waals surface area contributed by atoms with Gasteiger partial charge in [0.15, 0.2) is 8.32 Å². The topological polar surface area (TPSA) is 52.3 Å². The predicted molar refractivity (Wildman–Crippen MR) is 128 cm³/mol. The number of aryl methyl sites for hydroxylation is 2. The zero-order chi connectivity index (χ0) is 22.6. The van der Waals surface area contributed by atoms with Gasteiger partial charge in [-0.2, -0.15) is 0 Å². The summed E-state index contributed by atoms with van der Waals surface area (Å²) in [6.45, 7) is 13.3. The van der Waals surface area contributed by atoms with Crippen LogP contribution in [0.3, 0.4) is 0 Å². The summed E-state index contributed by atoms with van der Waals surface area (Å²) in [4.78, 5) is 15.8. The van der Waals surface area contributed by atoms with Crippen molar-refractivity contribution in [2.75, 3.05) is 0 Å². The largest absolute Gasteiger partial charge is 0.441 e. The SMILES string of the molecule is Cc1oc(-c2ccccc2)nc1CC[C@H](O[Si](C)(C)C(C)(C)C)c1ccc(C=O)cc1. The van der Waals surface area contributed by atoms with Gasteiger partial charge in [0, 0.05) is 11.1 Å². The molecule has 0 spiro atoms. The number of aromatic nitrogens is 1. The lowest BCUT2D eigenvalue weighted by Crippen LogP contribution is -2.42. The normalized spacial score (nSPS) is 13.2. The lowest BCUT2D eigenvalue weighted by Gasteiger charge is -2.39. The van der Waals surface area contributed by atoms with Gasteiger partial charge in [-0.1, -0.05) is 63.2 Å². The van der Waals surface area contributed by atoms with Gasteiger partial charge in [-0.05, 0) is 55.6 Å². The molecule has 31 heavy (non-hydrogen) atoms. The van der Waals surface area contributed by atoms with E-state index in [0.717, 1.165) is 41.7 Å². The Morgan fingerprint density at radius 2 is 1.71 bits per heavy atom. The van der Waals surface area contributed by atoms with Crippen molar-refractivity contribution in [2.45, 2.75) is 64.8 Å². The summed E-state index contributed by atoms with van der Waals surface area (Å²) in [6, 6.07) is 17.7. The van der Waals surface area contributed by atoms with Crippen LogP contribution in [0.15, 0.2) is 59.0 Å². The lowest BCUT2D eigenvalue weighted by atomic mass is 10.0. The molecule has 0 aliphatic carbocycles. The Hall–Kier alpha value is -2.50. The number of rotatable bonds is 8. The van der Waals surface area contributed by atoms with Gasteiger partial charge in [0.2, 0.25) is 5.89 Å². The Morgan fingerprint density at radius 1 is 1.06 bits per heavy atom. The quantitative estimate of drug-likeness (QED) is 0.278. The zero-order valence-electron chi connectivity index (χ0n) is 19.4. The monoisotopic (exact) mass is 435 g/mol. The van der Waals surface area contributed by atoms with Crippen LogP contribution < -0.4 is 0 Å². The minimum absolute atomic E-state index is 0.0575. The molecule has 4 nitrogen and oxygen atoms in total. The van der Waals surface area contributed by atoms with Gasteiger partial charge in [-0.15, -0.1) is 0 Å². The van der Waals surface area contributed by atoms with Crippen molar-refractivity contribution in [3.63, 3.8) is 0 Å². The third-order valence-corrected chi connectivity index (χ3v) is 10.7. The molecule has 0 fully saturated rings. The van der Waals surface area contributed by atoms with Crippen molar-refractivity contribution in [2.24, 2.45) is 0 Å². The molecule has 0 saturated heterocycles. The number of carbonyl (C=O) groups is 1. The molecule has 0 amide bonds. The van der Waals surface area contributed by atoms with E-state index in [4.69, 9.17) is 13.8 Å². The van der Waals surface area contributed by atoms with E-state index in [1.807, 2.05) is 61.5 Å². The molecular formula is C26H33NO3Si. The molecule has 1 heterocycles. The van der Waals surface area contributed by atoms with Gasteiger partial charge >= 0.3 is 0 Å². The minimum Gasteiger partial charge on any atom is -0.441 e. The second-order valence-corrected chi connectivity index (χ2v) is 14.3. The van der Waals surface area contributed by atoms with Crippen LogP contribution in [0.25, 0.3) is 11.5 Å². The molecule has 5 heteroatoms. The van der Waals surface area contributed by atoms with Crippen LogP contribution in [0, 0.1) is 6.92 Å². The van der Waals surface area contributed by atoms with Crippen molar-refractivity contribution in [1.29, 1.82) is 0 Å². The van der Waals surface area contributed by atoms with Gasteiger partial charge in [0.05, 0.1) is 11.8 Å². The van der Waals surface area contributed by atoms with E-state index in [-0.39, 0.29) is 11.1 Å². The molecule has 3 rings (SSSR count). The zero-order valence-corrected chi connectivity index (χ0v) is 20.4. The highest BCUT2D eigenvalue weighted by Crippen LogP contribution is 2.41. The highest BCUT2D eigenvalue weighted by Gasteiger charge is 2.39. The summed E-state index contributed by atoms with van der Waals surface area (Å²) in [5.41, 5.74) is 3.72. The second kappa shape index (κ2) is 9.33. The van der Waals surface area contributed by atoms with E-state index >= 15 is 0 Å². The number of benzene rings is 2. The molecular weight excluding hydrogens is 402 g/mol. The van der Waals surface area contributed by atoms with E-state index in [1.54, 1.807) is 0 Å². The first-order chi connectivity index (χ1) is 14.6. The number of aldehydes is 1. The number of hydrogen-bond donors (Lipinski definition) is 0. The Labute approximate surface area is 186 Å². The van der Waals surface area contributed by atoms with E-state index in [9.17, 15) is 4.79 Å². The van der Waals surface area contributed by atoms with Gasteiger partial charge in [-0.25, -0.2) is 4.98 Å². The molecule has 0 aliphatic rings. The molecule has 164 valence electrons. The molecule has 2 aromatic carbocycles. The summed E-state index contributed by atoms with van der Waals surface area (Å²) in [5, 5.41) is 0.109. The number of oxazole rings is 1. The van der Waals surface area contributed by atoms with Gasteiger partial charge < -0.3 is 8.84 Å². The Bertz CT molecular complexity index is 1000. The maximum atomic E-state index is 11.1. The van der Waals surface area contributed by atoms with Crippen molar-refractivity contribution in [1.82, 2.24) is 4.98 Å². The molecule has 0 saturated carbocycles. The third kappa shape index (κ3) is 5.60. The maximum Gasteiger partial charge on any atom is 0.226 e. The van der Waals surface area contributed by atoms with Crippen LogP contribution in [-0.4, -0.2) is 19.6 Å². The standard InChI is InChI=1S/C26H33NO3Si/c1-19-23(27-25(29-19)22-10-8-7-9-11-22)16-17-24(30-31(5,6)26(2,3)4)21-14-12-20(18-28)13-15-21/h7-15,18,24H,16-17H2,1-6H3/t24-/m0/s1. The minimum atomic E-state index is -1.99. The summed E-state index contributed by atoms with van der Waals surface area (Å²) in [6.07, 6.45) is 2.38. The first-order valence-corrected chi connectivity index (χ1v) is 13.8. The molecule has 0 radical (unpaired) electrons. The average Bonchev–Trinajstić information content (AvgIpc) is 3.11. The van der Waals surface area contributed by atoms with Crippen LogP contribution in [0.5, 0.6) is 0 Å². The number of carbonyl (C=O) groups excluding carboxylic acids is 1. The molecule has 0 unspecified atom stereocenters. The van der Waals surface area contributed by atoms with Crippen LogP contribution in [0.4, 0.5) is 0 Å². The molecule has 0 aliphatic heterocycles.